The number of unbranched alkanes of at least 4 members (excludes halogenated alkanes) is 4. The highest BCUT2D eigenvalue weighted by atomic mass is 16.5. The minimum Gasteiger partial charge on any atom is -0.465 e. The molecule has 1 heterocycles. The lowest BCUT2D eigenvalue weighted by molar-refractivity contribution is -0.144. The summed E-state index contributed by atoms with van der Waals surface area (Å²) >= 11 is 0. The van der Waals surface area contributed by atoms with Gasteiger partial charge in [-0.15, -0.1) is 0 Å². The highest BCUT2D eigenvalue weighted by Crippen LogP contribution is 2.18. The number of rotatable bonds is 7. The van der Waals surface area contributed by atoms with Crippen molar-refractivity contribution in [3.8, 4) is 0 Å². The number of ether oxygens (including phenoxy) is 1. The Morgan fingerprint density at radius 2 is 2.07 bits per heavy atom. The zero-order valence-electron chi connectivity index (χ0n) is 9.46. The number of hydrogen-bond acceptors (Lipinski definition) is 3. The fourth-order valence-corrected chi connectivity index (χ4v) is 1.87. The van der Waals surface area contributed by atoms with Crippen LogP contribution in [0.3, 0.4) is 0 Å². The van der Waals surface area contributed by atoms with Gasteiger partial charge in [-0.3, -0.25) is 9.59 Å². The maximum atomic E-state index is 11.6. The van der Waals surface area contributed by atoms with Crippen LogP contribution in [0.15, 0.2) is 0 Å². The number of hydrogen-bond donors (Lipinski definition) is 0. The monoisotopic (exact) mass is 212 g/mol. The van der Waals surface area contributed by atoms with Gasteiger partial charge in [-0.05, 0) is 6.42 Å². The van der Waals surface area contributed by atoms with E-state index < -0.39 is 5.92 Å². The molecule has 0 aromatic carbocycles. The Morgan fingerprint density at radius 3 is 2.67 bits per heavy atom. The molecule has 3 nitrogen and oxygen atoms in total. The molecule has 0 saturated carbocycles. The summed E-state index contributed by atoms with van der Waals surface area (Å²) in [6.07, 6.45) is 6.79. The van der Waals surface area contributed by atoms with Crippen molar-refractivity contribution in [2.24, 2.45) is 5.92 Å². The van der Waals surface area contributed by atoms with E-state index in [1.807, 2.05) is 0 Å². The van der Waals surface area contributed by atoms with E-state index in [9.17, 15) is 9.59 Å². The van der Waals surface area contributed by atoms with Crippen LogP contribution in [0.2, 0.25) is 0 Å². The van der Waals surface area contributed by atoms with E-state index in [4.69, 9.17) is 4.74 Å². The van der Waals surface area contributed by atoms with Crippen molar-refractivity contribution in [1.29, 1.82) is 0 Å². The molecule has 1 saturated heterocycles. The fraction of sp³-hybridized carbons (Fsp3) is 0.833. The lowest BCUT2D eigenvalue weighted by atomic mass is 9.97. The molecule has 1 atom stereocenters. The molecule has 0 aromatic heterocycles. The van der Waals surface area contributed by atoms with Crippen LogP contribution in [0.1, 0.15) is 51.9 Å². The standard InChI is InChI=1S/C12H20O3/c1-2-3-4-5-6-7-11(13)10-8-9-15-12(10)14/h10H,2-9H2,1H3. The predicted octanol–water partition coefficient (Wildman–Crippen LogP) is 2.48. The van der Waals surface area contributed by atoms with Gasteiger partial charge in [0.15, 0.2) is 0 Å². The Labute approximate surface area is 91.2 Å². The van der Waals surface area contributed by atoms with E-state index in [2.05, 4.69) is 6.92 Å². The van der Waals surface area contributed by atoms with Gasteiger partial charge in [-0.2, -0.15) is 0 Å². The molecule has 1 aliphatic rings. The van der Waals surface area contributed by atoms with Gasteiger partial charge in [0.1, 0.15) is 11.7 Å². The summed E-state index contributed by atoms with van der Waals surface area (Å²) in [7, 11) is 0. The Hall–Kier alpha value is -0.860. The largest absolute Gasteiger partial charge is 0.465 e. The SMILES string of the molecule is CCCCCCCC(=O)C1CCOC1=O. The number of Topliss-reactive ketones (excluding diaryl/α,β-unsaturated/α-hetero) is 1. The summed E-state index contributed by atoms with van der Waals surface area (Å²) in [4.78, 5) is 22.7. The third kappa shape index (κ3) is 4.02. The van der Waals surface area contributed by atoms with Crippen LogP contribution in [0.4, 0.5) is 0 Å². The summed E-state index contributed by atoms with van der Waals surface area (Å²) in [5.74, 6) is -0.682. The molecule has 1 rings (SSSR count). The van der Waals surface area contributed by atoms with Gasteiger partial charge in [0.05, 0.1) is 6.61 Å². The van der Waals surface area contributed by atoms with Crippen molar-refractivity contribution < 1.29 is 14.3 Å². The van der Waals surface area contributed by atoms with Gasteiger partial charge >= 0.3 is 5.97 Å². The van der Waals surface area contributed by atoms with E-state index in [1.165, 1.54) is 19.3 Å². The smallest absolute Gasteiger partial charge is 0.316 e. The van der Waals surface area contributed by atoms with E-state index in [0.29, 0.717) is 19.4 Å². The third-order valence-corrected chi connectivity index (χ3v) is 2.85. The van der Waals surface area contributed by atoms with Crippen molar-refractivity contribution in [2.75, 3.05) is 6.61 Å². The molecular weight excluding hydrogens is 192 g/mol. The van der Waals surface area contributed by atoms with Crippen LogP contribution < -0.4 is 0 Å². The second kappa shape index (κ2) is 6.59. The normalized spacial score (nSPS) is 20.3. The second-order valence-corrected chi connectivity index (χ2v) is 4.14. The van der Waals surface area contributed by atoms with E-state index in [-0.39, 0.29) is 11.8 Å². The van der Waals surface area contributed by atoms with E-state index in [1.54, 1.807) is 0 Å². The molecular formula is C12H20O3. The maximum Gasteiger partial charge on any atom is 0.316 e. The summed E-state index contributed by atoms with van der Waals surface area (Å²) in [5.41, 5.74) is 0. The maximum absolute atomic E-state index is 11.6. The topological polar surface area (TPSA) is 43.4 Å². The molecule has 15 heavy (non-hydrogen) atoms. The number of esters is 1. The minimum absolute atomic E-state index is 0.0778. The van der Waals surface area contributed by atoms with Crippen molar-refractivity contribution in [1.82, 2.24) is 0 Å². The number of carbonyl (C=O) groups is 2. The van der Waals surface area contributed by atoms with Crippen LogP contribution in [-0.4, -0.2) is 18.4 Å². The number of cyclic esters (lactones) is 1. The molecule has 0 bridgehead atoms. The lowest BCUT2D eigenvalue weighted by Gasteiger charge is -2.04. The van der Waals surface area contributed by atoms with Crippen LogP contribution in [0, 0.1) is 5.92 Å². The Balaban J connectivity index is 2.10. The van der Waals surface area contributed by atoms with Crippen LogP contribution in [0.25, 0.3) is 0 Å². The van der Waals surface area contributed by atoms with Gasteiger partial charge in [-0.25, -0.2) is 0 Å². The average molecular weight is 212 g/mol. The van der Waals surface area contributed by atoms with Crippen LogP contribution in [-0.2, 0) is 14.3 Å². The second-order valence-electron chi connectivity index (χ2n) is 4.14. The zero-order chi connectivity index (χ0) is 11.1. The van der Waals surface area contributed by atoms with Crippen molar-refractivity contribution in [3.05, 3.63) is 0 Å². The first-order valence-electron chi connectivity index (χ1n) is 5.95. The molecule has 0 N–H and O–H groups in total. The van der Waals surface area contributed by atoms with Crippen LogP contribution in [0.5, 0.6) is 0 Å². The van der Waals surface area contributed by atoms with Gasteiger partial charge in [0.25, 0.3) is 0 Å². The molecule has 1 fully saturated rings. The molecule has 0 aliphatic carbocycles. The molecule has 0 radical (unpaired) electrons. The summed E-state index contributed by atoms with van der Waals surface area (Å²) in [6, 6.07) is 0. The van der Waals surface area contributed by atoms with Gasteiger partial charge < -0.3 is 4.74 Å². The molecule has 1 aliphatic heterocycles. The number of ketones is 1. The summed E-state index contributed by atoms with van der Waals surface area (Å²) < 4.78 is 4.77. The summed E-state index contributed by atoms with van der Waals surface area (Å²) in [5, 5.41) is 0. The molecule has 0 spiro atoms. The molecule has 1 unspecified atom stereocenters. The Kier molecular flexibility index (Phi) is 5.37. The fourth-order valence-electron chi connectivity index (χ4n) is 1.87. The number of carbonyl (C=O) groups excluding carboxylic acids is 2. The molecule has 0 aromatic rings. The average Bonchev–Trinajstić information content (AvgIpc) is 2.64. The zero-order valence-corrected chi connectivity index (χ0v) is 9.46. The quantitative estimate of drug-likeness (QED) is 0.370. The van der Waals surface area contributed by atoms with Gasteiger partial charge in [0.2, 0.25) is 0 Å². The van der Waals surface area contributed by atoms with E-state index in [0.717, 1.165) is 12.8 Å². The minimum atomic E-state index is -0.448. The Morgan fingerprint density at radius 1 is 1.33 bits per heavy atom. The predicted molar refractivity (Wildman–Crippen MR) is 57.4 cm³/mol. The highest BCUT2D eigenvalue weighted by Gasteiger charge is 2.32. The van der Waals surface area contributed by atoms with E-state index >= 15 is 0 Å². The molecule has 3 heteroatoms. The van der Waals surface area contributed by atoms with Crippen molar-refractivity contribution >= 4 is 11.8 Å². The third-order valence-electron chi connectivity index (χ3n) is 2.85. The first-order valence-corrected chi connectivity index (χ1v) is 5.95. The Bertz CT molecular complexity index is 223. The van der Waals surface area contributed by atoms with Gasteiger partial charge in [-0.1, -0.05) is 32.6 Å². The van der Waals surface area contributed by atoms with Crippen LogP contribution >= 0.6 is 0 Å². The van der Waals surface area contributed by atoms with Gasteiger partial charge in [0, 0.05) is 12.8 Å². The highest BCUT2D eigenvalue weighted by molar-refractivity contribution is 5.99. The van der Waals surface area contributed by atoms with Crippen molar-refractivity contribution in [2.45, 2.75) is 51.9 Å². The summed E-state index contributed by atoms with van der Waals surface area (Å²) in [6.45, 7) is 2.59. The first kappa shape index (κ1) is 12.2. The first-order chi connectivity index (χ1) is 7.25. The molecule has 86 valence electrons. The lowest BCUT2D eigenvalue weighted by Crippen LogP contribution is -2.18. The van der Waals surface area contributed by atoms with Crippen molar-refractivity contribution in [3.63, 3.8) is 0 Å². The molecule has 0 amide bonds.